The van der Waals surface area contributed by atoms with E-state index in [2.05, 4.69) is 5.10 Å². The number of alkyl halides is 2. The number of ether oxygens (including phenoxy) is 2. The number of nitrogens with two attached hydrogens (primary N) is 1. The molecule has 2 fully saturated rings. The van der Waals surface area contributed by atoms with E-state index in [0.717, 1.165) is 16.8 Å². The van der Waals surface area contributed by atoms with E-state index in [9.17, 15) is 26.6 Å². The van der Waals surface area contributed by atoms with Crippen molar-refractivity contribution in [3.8, 4) is 17.2 Å². The van der Waals surface area contributed by atoms with Gasteiger partial charge in [0.25, 0.3) is 5.92 Å². The molecular weight excluding hydrogens is 566 g/mol. The van der Waals surface area contributed by atoms with Crippen LogP contribution < -0.4 is 25.7 Å². The second-order valence-electron chi connectivity index (χ2n) is 10.4. The Labute approximate surface area is 235 Å². The van der Waals surface area contributed by atoms with Gasteiger partial charge in [-0.05, 0) is 23.8 Å². The Morgan fingerprint density at radius 1 is 1.12 bits per heavy atom. The van der Waals surface area contributed by atoms with Crippen LogP contribution in [0.3, 0.4) is 0 Å². The zero-order valence-corrected chi connectivity index (χ0v) is 23.4. The van der Waals surface area contributed by atoms with E-state index in [-0.39, 0.29) is 29.3 Å². The SMILES string of the molecule is COc1cccc(C[SH](C)(=O)N2CCN(c3cnn(-c4cc(F)cc(F)c4)c(=O)c3OCC3CC3(F)F)CC2)c1N. The predicted molar refractivity (Wildman–Crippen MR) is 149 cm³/mol. The topological polar surface area (TPSA) is 103 Å². The third-order valence-electron chi connectivity index (χ3n) is 7.43. The van der Waals surface area contributed by atoms with Gasteiger partial charge in [-0.3, -0.25) is 9.00 Å². The van der Waals surface area contributed by atoms with E-state index in [1.807, 2.05) is 10.4 Å². The first kappa shape index (κ1) is 28.9. The molecule has 2 N–H and O–H groups in total. The lowest BCUT2D eigenvalue weighted by Gasteiger charge is -2.41. The van der Waals surface area contributed by atoms with Gasteiger partial charge in [-0.15, -0.1) is 0 Å². The van der Waals surface area contributed by atoms with Gasteiger partial charge in [0.15, 0.2) is 0 Å². The van der Waals surface area contributed by atoms with Gasteiger partial charge in [-0.25, -0.2) is 21.9 Å². The van der Waals surface area contributed by atoms with E-state index in [1.165, 1.54) is 13.3 Å². The molecule has 5 rings (SSSR count). The molecule has 3 aromatic rings. The van der Waals surface area contributed by atoms with Crippen LogP contribution in [-0.4, -0.2) is 70.4 Å². The number of benzene rings is 2. The van der Waals surface area contributed by atoms with Crippen molar-refractivity contribution < 1.29 is 31.2 Å². The molecule has 1 aliphatic heterocycles. The van der Waals surface area contributed by atoms with Crippen LogP contribution in [0.25, 0.3) is 5.69 Å². The summed E-state index contributed by atoms with van der Waals surface area (Å²) in [5.41, 5.74) is 6.58. The maximum absolute atomic E-state index is 13.8. The Morgan fingerprint density at radius 3 is 2.39 bits per heavy atom. The average molecular weight is 598 g/mol. The Bertz CT molecular complexity index is 1540. The third kappa shape index (κ3) is 6.03. The van der Waals surface area contributed by atoms with Crippen molar-refractivity contribution in [1.29, 1.82) is 0 Å². The molecule has 2 heterocycles. The number of nitrogen functional groups attached to an aromatic ring is 1. The second kappa shape index (κ2) is 11.0. The molecule has 0 amide bonds. The fraction of sp³-hybridized carbons (Fsp3) is 0.407. The van der Waals surface area contributed by atoms with Gasteiger partial charge in [0, 0.05) is 50.7 Å². The van der Waals surface area contributed by atoms with Crippen molar-refractivity contribution in [2.45, 2.75) is 18.1 Å². The first-order valence-corrected chi connectivity index (χ1v) is 15.3. The molecule has 2 aliphatic rings. The van der Waals surface area contributed by atoms with Gasteiger partial charge in [-0.2, -0.15) is 9.78 Å². The number of halogens is 4. The van der Waals surface area contributed by atoms with Crippen LogP contribution in [-0.2, 0) is 15.9 Å². The first-order valence-electron chi connectivity index (χ1n) is 13.0. The minimum Gasteiger partial charge on any atom is -0.495 e. The molecule has 1 saturated heterocycles. The molecule has 1 aliphatic carbocycles. The molecule has 222 valence electrons. The molecule has 1 saturated carbocycles. The van der Waals surface area contributed by atoms with Gasteiger partial charge in [0.1, 0.15) is 23.1 Å². The number of piperazine rings is 1. The first-order chi connectivity index (χ1) is 19.4. The van der Waals surface area contributed by atoms with Crippen molar-refractivity contribution in [2.75, 3.05) is 56.8 Å². The Kier molecular flexibility index (Phi) is 7.72. The number of methoxy groups -OCH3 is 1. The highest BCUT2D eigenvalue weighted by Gasteiger charge is 2.57. The number of para-hydroxylation sites is 1. The third-order valence-corrected chi connectivity index (χ3v) is 9.95. The minimum atomic E-state index is -2.87. The highest BCUT2D eigenvalue weighted by atomic mass is 32.3. The highest BCUT2D eigenvalue weighted by Crippen LogP contribution is 2.48. The molecule has 9 nitrogen and oxygen atoms in total. The van der Waals surface area contributed by atoms with Gasteiger partial charge in [0.2, 0.25) is 5.75 Å². The highest BCUT2D eigenvalue weighted by molar-refractivity contribution is 7.99. The summed E-state index contributed by atoms with van der Waals surface area (Å²) in [5.74, 6) is -5.21. The lowest BCUT2D eigenvalue weighted by atomic mass is 10.2. The lowest BCUT2D eigenvalue weighted by molar-refractivity contribution is 0.0853. The number of anilines is 2. The summed E-state index contributed by atoms with van der Waals surface area (Å²) in [7, 11) is -1.36. The maximum Gasteiger partial charge on any atom is 0.316 e. The predicted octanol–water partition coefficient (Wildman–Crippen LogP) is 3.02. The summed E-state index contributed by atoms with van der Waals surface area (Å²) in [6, 6.07) is 7.85. The fourth-order valence-corrected chi connectivity index (χ4v) is 7.08. The molecule has 14 heteroatoms. The fourth-order valence-electron chi connectivity index (χ4n) is 4.95. The van der Waals surface area contributed by atoms with Crippen molar-refractivity contribution >= 4 is 21.5 Å². The Hall–Kier alpha value is -3.65. The number of rotatable bonds is 9. The van der Waals surface area contributed by atoms with E-state index >= 15 is 0 Å². The smallest absolute Gasteiger partial charge is 0.316 e. The largest absolute Gasteiger partial charge is 0.495 e. The summed E-state index contributed by atoms with van der Waals surface area (Å²) in [5, 5.41) is 4.09. The van der Waals surface area contributed by atoms with E-state index in [4.69, 9.17) is 15.2 Å². The zero-order valence-electron chi connectivity index (χ0n) is 22.5. The average Bonchev–Trinajstić information content (AvgIpc) is 3.54. The van der Waals surface area contributed by atoms with Gasteiger partial charge in [0.05, 0.1) is 37.2 Å². The maximum atomic E-state index is 13.8. The number of aromatic nitrogens is 2. The number of thiol groups is 1. The summed E-state index contributed by atoms with van der Waals surface area (Å²) in [6.07, 6.45) is 2.65. The van der Waals surface area contributed by atoms with E-state index in [1.54, 1.807) is 23.3 Å². The number of hydrogen-bond donors (Lipinski definition) is 2. The molecular formula is C27H31F4N5O4S. The van der Waals surface area contributed by atoms with E-state index < -0.39 is 45.8 Å². The van der Waals surface area contributed by atoms with Crippen LogP contribution in [0.1, 0.15) is 12.0 Å². The van der Waals surface area contributed by atoms with Crippen molar-refractivity contribution in [1.82, 2.24) is 14.1 Å². The Balaban J connectivity index is 1.37. The van der Waals surface area contributed by atoms with E-state index in [0.29, 0.717) is 49.2 Å². The van der Waals surface area contributed by atoms with Crippen molar-refractivity contribution in [3.63, 3.8) is 0 Å². The molecule has 0 bridgehead atoms. The number of nitrogens with zero attached hydrogens (tertiary/aromatic N) is 4. The van der Waals surface area contributed by atoms with Crippen LogP contribution in [0.4, 0.5) is 28.9 Å². The molecule has 0 spiro atoms. The summed E-state index contributed by atoms with van der Waals surface area (Å²) >= 11 is 0. The molecule has 1 unspecified atom stereocenters. The summed E-state index contributed by atoms with van der Waals surface area (Å²) in [4.78, 5) is 15.2. The van der Waals surface area contributed by atoms with Crippen molar-refractivity contribution in [3.05, 3.63) is 70.1 Å². The second-order valence-corrected chi connectivity index (χ2v) is 13.3. The molecule has 1 atom stereocenters. The molecule has 0 radical (unpaired) electrons. The minimum absolute atomic E-state index is 0.172. The quantitative estimate of drug-likeness (QED) is 0.222. The van der Waals surface area contributed by atoms with Crippen LogP contribution in [0.5, 0.6) is 11.5 Å². The molecule has 2 aromatic carbocycles. The van der Waals surface area contributed by atoms with Crippen LogP contribution in [0, 0.1) is 17.6 Å². The van der Waals surface area contributed by atoms with Gasteiger partial charge < -0.3 is 20.1 Å². The van der Waals surface area contributed by atoms with Crippen LogP contribution in [0.15, 0.2) is 47.4 Å². The van der Waals surface area contributed by atoms with Crippen LogP contribution >= 0.6 is 0 Å². The lowest BCUT2D eigenvalue weighted by Crippen LogP contribution is -2.51. The number of hydrogen-bond acceptors (Lipinski definition) is 7. The normalized spacial score (nSPS) is 19.2. The zero-order chi connectivity index (χ0) is 29.5. The Morgan fingerprint density at radius 2 is 1.78 bits per heavy atom. The summed E-state index contributed by atoms with van der Waals surface area (Å²) < 4.78 is 82.1. The molecule has 41 heavy (non-hydrogen) atoms. The molecule has 1 aromatic heterocycles. The summed E-state index contributed by atoms with van der Waals surface area (Å²) in [6.45, 7) is 1.01. The van der Waals surface area contributed by atoms with Gasteiger partial charge >= 0.3 is 5.56 Å². The van der Waals surface area contributed by atoms with Crippen molar-refractivity contribution in [2.24, 2.45) is 5.92 Å². The van der Waals surface area contributed by atoms with Crippen LogP contribution in [0.2, 0.25) is 0 Å². The standard InChI is InChI=1S/C27H31F4N5O4S/c1-39-23-5-3-4-17(24(23)32)16-41(2,38)35-8-6-34(7-9-35)22-14-33-36(21-11-19(28)10-20(29)12-21)26(37)25(22)40-15-18-13-27(18,30)31/h3-5,10-12,14,18,41H,6-9,13,15-16,32H2,1-2H3. The monoisotopic (exact) mass is 597 g/mol. The van der Waals surface area contributed by atoms with Gasteiger partial charge in [-0.1, -0.05) is 22.3 Å².